The number of nitrogens with zero attached hydrogens (tertiary/aromatic N) is 2. The summed E-state index contributed by atoms with van der Waals surface area (Å²) >= 11 is 0. The lowest BCUT2D eigenvalue weighted by atomic mass is 10.4. The molecule has 0 aliphatic carbocycles. The monoisotopic (exact) mass is 225 g/mol. The number of hydrogen-bond acceptors (Lipinski definition) is 5. The van der Waals surface area contributed by atoms with Crippen molar-refractivity contribution >= 4 is 17.4 Å². The first kappa shape index (κ1) is 12.0. The number of aromatic amines is 1. The number of hydrogen-bond donors (Lipinski definition) is 3. The zero-order chi connectivity index (χ0) is 12.1. The lowest BCUT2D eigenvalue weighted by molar-refractivity contribution is -0.119. The van der Waals surface area contributed by atoms with Crippen LogP contribution in [0.5, 0.6) is 0 Å². The number of nitrogens with one attached hydrogen (secondary N) is 2. The number of H-pyrrole nitrogens is 1. The van der Waals surface area contributed by atoms with E-state index in [2.05, 4.69) is 15.3 Å². The van der Waals surface area contributed by atoms with Crippen molar-refractivity contribution in [2.24, 2.45) is 0 Å². The number of carbonyl (C=O) groups excluding carboxylic acids is 1. The molecule has 1 rings (SSSR count). The van der Waals surface area contributed by atoms with E-state index in [0.29, 0.717) is 12.4 Å². The lowest BCUT2D eigenvalue weighted by Gasteiger charge is -2.18. The van der Waals surface area contributed by atoms with Crippen molar-refractivity contribution in [2.75, 3.05) is 30.8 Å². The van der Waals surface area contributed by atoms with E-state index in [1.165, 1.54) is 11.2 Å². The molecule has 0 saturated carbocycles. The number of rotatable bonds is 4. The molecule has 0 spiro atoms. The Morgan fingerprint density at radius 3 is 3.00 bits per heavy atom. The van der Waals surface area contributed by atoms with Gasteiger partial charge in [-0.3, -0.25) is 9.59 Å². The van der Waals surface area contributed by atoms with Crippen molar-refractivity contribution in [3.63, 3.8) is 0 Å². The smallest absolute Gasteiger partial charge is 0.276 e. The molecule has 7 heteroatoms. The van der Waals surface area contributed by atoms with Crippen LogP contribution in [0.1, 0.15) is 6.92 Å². The van der Waals surface area contributed by atoms with Gasteiger partial charge in [-0.2, -0.15) is 0 Å². The maximum absolute atomic E-state index is 11.3. The Morgan fingerprint density at radius 1 is 1.69 bits per heavy atom. The maximum Gasteiger partial charge on any atom is 0.276 e. The van der Waals surface area contributed by atoms with Gasteiger partial charge in [0.25, 0.3) is 5.56 Å². The highest BCUT2D eigenvalue weighted by Gasteiger charge is 2.12. The number of anilines is 2. The predicted octanol–water partition coefficient (Wildman–Crippen LogP) is -1.08. The molecule has 0 unspecified atom stereocenters. The van der Waals surface area contributed by atoms with E-state index >= 15 is 0 Å². The predicted molar refractivity (Wildman–Crippen MR) is 61.2 cm³/mol. The highest BCUT2D eigenvalue weighted by atomic mass is 16.2. The Morgan fingerprint density at radius 2 is 2.38 bits per heavy atom. The fraction of sp³-hybridized carbons (Fsp3) is 0.444. The first-order chi connectivity index (χ1) is 7.56. The third kappa shape index (κ3) is 2.72. The lowest BCUT2D eigenvalue weighted by Crippen LogP contribution is -2.36. The Balaban J connectivity index is 2.81. The molecule has 0 atom stereocenters. The second-order valence-corrected chi connectivity index (χ2v) is 3.28. The average Bonchev–Trinajstić information content (AvgIpc) is 2.22. The van der Waals surface area contributed by atoms with Gasteiger partial charge in [-0.05, 0) is 6.92 Å². The summed E-state index contributed by atoms with van der Waals surface area (Å²) in [5, 5.41) is 2.65. The Labute approximate surface area is 92.7 Å². The summed E-state index contributed by atoms with van der Waals surface area (Å²) in [5.74, 6) is 0.154. The minimum Gasteiger partial charge on any atom is -0.391 e. The maximum atomic E-state index is 11.3. The van der Waals surface area contributed by atoms with Gasteiger partial charge in [0.2, 0.25) is 5.91 Å². The standard InChI is InChI=1S/C9H15N5O2/c1-3-11-6(15)4-14(2)8-7(10)9(16)13-5-12-8/h5H,3-4,10H2,1-2H3,(H,11,15)(H,12,13,16). The van der Waals surface area contributed by atoms with E-state index in [0.717, 1.165) is 0 Å². The van der Waals surface area contributed by atoms with E-state index < -0.39 is 5.56 Å². The third-order valence-corrected chi connectivity index (χ3v) is 1.98. The van der Waals surface area contributed by atoms with Crippen LogP contribution in [0.3, 0.4) is 0 Å². The number of aromatic nitrogens is 2. The van der Waals surface area contributed by atoms with Gasteiger partial charge in [0, 0.05) is 13.6 Å². The second kappa shape index (κ2) is 5.15. The molecular formula is C9H15N5O2. The first-order valence-corrected chi connectivity index (χ1v) is 4.87. The van der Waals surface area contributed by atoms with Crippen molar-refractivity contribution in [1.82, 2.24) is 15.3 Å². The van der Waals surface area contributed by atoms with Crippen LogP contribution in [-0.2, 0) is 4.79 Å². The zero-order valence-electron chi connectivity index (χ0n) is 9.28. The van der Waals surface area contributed by atoms with Gasteiger partial charge >= 0.3 is 0 Å². The topological polar surface area (TPSA) is 104 Å². The average molecular weight is 225 g/mol. The number of likely N-dealkylation sites (N-methyl/N-ethyl adjacent to an activating group) is 2. The zero-order valence-corrected chi connectivity index (χ0v) is 9.28. The molecule has 1 heterocycles. The number of nitrogen functional groups attached to an aromatic ring is 1. The summed E-state index contributed by atoms with van der Waals surface area (Å²) in [6.45, 7) is 2.50. The SMILES string of the molecule is CCNC(=O)CN(C)c1nc[nH]c(=O)c1N. The summed E-state index contributed by atoms with van der Waals surface area (Å²) in [6.07, 6.45) is 1.25. The molecule has 88 valence electrons. The van der Waals surface area contributed by atoms with Crippen molar-refractivity contribution in [1.29, 1.82) is 0 Å². The number of amides is 1. The molecule has 0 aromatic carbocycles. The third-order valence-electron chi connectivity index (χ3n) is 1.98. The molecule has 0 saturated heterocycles. The van der Waals surface area contributed by atoms with Gasteiger partial charge < -0.3 is 20.9 Å². The fourth-order valence-electron chi connectivity index (χ4n) is 1.25. The largest absolute Gasteiger partial charge is 0.391 e. The van der Waals surface area contributed by atoms with E-state index in [1.807, 2.05) is 6.92 Å². The Bertz CT molecular complexity index is 428. The molecule has 0 radical (unpaired) electrons. The van der Waals surface area contributed by atoms with E-state index in [-0.39, 0.29) is 18.1 Å². The first-order valence-electron chi connectivity index (χ1n) is 4.87. The van der Waals surface area contributed by atoms with Crippen molar-refractivity contribution in [3.05, 3.63) is 16.7 Å². The normalized spacial score (nSPS) is 9.88. The van der Waals surface area contributed by atoms with Crippen LogP contribution in [-0.4, -0.2) is 36.0 Å². The van der Waals surface area contributed by atoms with Crippen LogP contribution >= 0.6 is 0 Å². The van der Waals surface area contributed by atoms with Gasteiger partial charge in [0.05, 0.1) is 12.9 Å². The van der Waals surface area contributed by atoms with Gasteiger partial charge in [-0.15, -0.1) is 0 Å². The molecule has 0 aliphatic rings. The molecule has 1 aromatic heterocycles. The quantitative estimate of drug-likeness (QED) is 0.605. The van der Waals surface area contributed by atoms with E-state index in [9.17, 15) is 9.59 Å². The highest BCUT2D eigenvalue weighted by molar-refractivity contribution is 5.81. The van der Waals surface area contributed by atoms with Gasteiger partial charge in [0.1, 0.15) is 5.69 Å². The fourth-order valence-corrected chi connectivity index (χ4v) is 1.25. The molecule has 0 aliphatic heterocycles. The molecule has 0 fully saturated rings. The molecule has 16 heavy (non-hydrogen) atoms. The molecule has 1 amide bonds. The summed E-state index contributed by atoms with van der Waals surface area (Å²) in [5.41, 5.74) is 5.15. The van der Waals surface area contributed by atoms with Crippen molar-refractivity contribution in [2.45, 2.75) is 6.92 Å². The molecule has 1 aromatic rings. The van der Waals surface area contributed by atoms with Crippen molar-refractivity contribution in [3.8, 4) is 0 Å². The highest BCUT2D eigenvalue weighted by Crippen LogP contribution is 2.11. The molecule has 4 N–H and O–H groups in total. The minimum absolute atomic E-state index is 0.00861. The van der Waals surface area contributed by atoms with E-state index in [4.69, 9.17) is 5.73 Å². The summed E-state index contributed by atoms with van der Waals surface area (Å²) < 4.78 is 0. The van der Waals surface area contributed by atoms with Gasteiger partial charge in [-0.25, -0.2) is 4.98 Å². The van der Waals surface area contributed by atoms with Crippen LogP contribution < -0.4 is 21.5 Å². The summed E-state index contributed by atoms with van der Waals surface area (Å²) in [4.78, 5) is 30.3. The van der Waals surface area contributed by atoms with Crippen LogP contribution in [0, 0.1) is 0 Å². The van der Waals surface area contributed by atoms with Crippen LogP contribution in [0.4, 0.5) is 11.5 Å². The Kier molecular flexibility index (Phi) is 3.87. The second-order valence-electron chi connectivity index (χ2n) is 3.28. The molecule has 7 nitrogen and oxygen atoms in total. The minimum atomic E-state index is -0.409. The van der Waals surface area contributed by atoms with Crippen LogP contribution in [0.2, 0.25) is 0 Å². The van der Waals surface area contributed by atoms with Crippen LogP contribution in [0.15, 0.2) is 11.1 Å². The Hall–Kier alpha value is -2.05. The summed E-state index contributed by atoms with van der Waals surface area (Å²) in [6, 6.07) is 0. The van der Waals surface area contributed by atoms with E-state index in [1.54, 1.807) is 7.05 Å². The van der Waals surface area contributed by atoms with Gasteiger partial charge in [0.15, 0.2) is 5.82 Å². The summed E-state index contributed by atoms with van der Waals surface area (Å²) in [7, 11) is 1.65. The number of carbonyl (C=O) groups is 1. The molecular weight excluding hydrogens is 210 g/mol. The van der Waals surface area contributed by atoms with Gasteiger partial charge in [-0.1, -0.05) is 0 Å². The molecule has 0 bridgehead atoms. The number of nitrogens with two attached hydrogens (primary N) is 1. The van der Waals surface area contributed by atoms with Crippen LogP contribution in [0.25, 0.3) is 0 Å². The van der Waals surface area contributed by atoms with Crippen molar-refractivity contribution < 1.29 is 4.79 Å².